The summed E-state index contributed by atoms with van der Waals surface area (Å²) in [5, 5.41) is 3.72. The van der Waals surface area contributed by atoms with Gasteiger partial charge >= 0.3 is 6.09 Å². The van der Waals surface area contributed by atoms with Crippen molar-refractivity contribution in [2.75, 3.05) is 6.54 Å². The Balaban J connectivity index is 0.000000861. The summed E-state index contributed by atoms with van der Waals surface area (Å²) in [4.78, 5) is 17.6. The number of likely N-dealkylation sites (tertiary alicyclic amines) is 1. The number of carbonyl (C=O) groups is 1. The molecule has 1 aromatic heterocycles. The molecule has 0 bridgehead atoms. The Morgan fingerprint density at radius 3 is 2.42 bits per heavy atom. The van der Waals surface area contributed by atoms with E-state index in [0.29, 0.717) is 18.3 Å². The number of carbonyl (C=O) groups excluding carboxylic acids is 1. The van der Waals surface area contributed by atoms with Crippen LogP contribution in [0.1, 0.15) is 58.8 Å². The maximum atomic E-state index is 11.8. The molecule has 2 heterocycles. The highest BCUT2D eigenvalue weighted by molar-refractivity contribution is 5.69. The minimum Gasteiger partial charge on any atom is -0.444 e. The van der Waals surface area contributed by atoms with Gasteiger partial charge < -0.3 is 9.26 Å². The molecule has 1 fully saturated rings. The van der Waals surface area contributed by atoms with Crippen molar-refractivity contribution in [1.82, 2.24) is 15.0 Å². The van der Waals surface area contributed by atoms with Crippen LogP contribution in [0.2, 0.25) is 0 Å². The smallest absolute Gasteiger partial charge is 0.410 e. The number of aryl methyl sites for hydroxylation is 1. The number of hydrogen-bond donors (Lipinski definition) is 0. The SMILES string of the molecule is CC.Cc1noc(C2CCN2C(=O)OC(C)(C)C)n1. The quantitative estimate of drug-likeness (QED) is 0.783. The molecule has 108 valence electrons. The van der Waals surface area contributed by atoms with E-state index in [1.165, 1.54) is 0 Å². The van der Waals surface area contributed by atoms with Crippen molar-refractivity contribution < 1.29 is 14.1 Å². The maximum absolute atomic E-state index is 11.8. The number of rotatable bonds is 1. The number of hydrogen-bond acceptors (Lipinski definition) is 5. The van der Waals surface area contributed by atoms with Crippen molar-refractivity contribution in [3.63, 3.8) is 0 Å². The molecule has 2 rings (SSSR count). The van der Waals surface area contributed by atoms with Crippen LogP contribution in [0, 0.1) is 6.92 Å². The van der Waals surface area contributed by atoms with Gasteiger partial charge in [0.2, 0.25) is 5.89 Å². The monoisotopic (exact) mass is 269 g/mol. The normalized spacial score (nSPS) is 18.2. The maximum Gasteiger partial charge on any atom is 0.410 e. The lowest BCUT2D eigenvalue weighted by Gasteiger charge is -2.39. The van der Waals surface area contributed by atoms with E-state index < -0.39 is 5.60 Å². The van der Waals surface area contributed by atoms with Gasteiger partial charge in [-0.3, -0.25) is 4.90 Å². The van der Waals surface area contributed by atoms with Gasteiger partial charge in [-0.2, -0.15) is 4.98 Å². The van der Waals surface area contributed by atoms with Crippen LogP contribution in [0.15, 0.2) is 4.52 Å². The van der Waals surface area contributed by atoms with Crippen molar-refractivity contribution in [2.45, 2.75) is 59.6 Å². The Kier molecular flexibility index (Phi) is 4.91. The molecule has 0 aromatic carbocycles. The molecule has 0 spiro atoms. The second kappa shape index (κ2) is 6.04. The highest BCUT2D eigenvalue weighted by Gasteiger charge is 2.39. The highest BCUT2D eigenvalue weighted by atomic mass is 16.6. The number of ether oxygens (including phenoxy) is 1. The molecule has 6 nitrogen and oxygen atoms in total. The van der Waals surface area contributed by atoms with Gasteiger partial charge in [0, 0.05) is 6.54 Å². The molecule has 1 aromatic rings. The fourth-order valence-electron chi connectivity index (χ4n) is 1.63. The van der Waals surface area contributed by atoms with Gasteiger partial charge in [-0.1, -0.05) is 19.0 Å². The zero-order valence-electron chi connectivity index (χ0n) is 12.6. The molecule has 19 heavy (non-hydrogen) atoms. The summed E-state index contributed by atoms with van der Waals surface area (Å²) in [6.07, 6.45) is 0.505. The van der Waals surface area contributed by atoms with Crippen LogP contribution in [0.25, 0.3) is 0 Å². The minimum atomic E-state index is -0.484. The van der Waals surface area contributed by atoms with Crippen molar-refractivity contribution in [3.05, 3.63) is 11.7 Å². The van der Waals surface area contributed by atoms with E-state index in [-0.39, 0.29) is 12.1 Å². The first kappa shape index (κ1) is 15.5. The molecular formula is C13H23N3O3. The minimum absolute atomic E-state index is 0.133. The lowest BCUT2D eigenvalue weighted by Crippen LogP contribution is -2.47. The third kappa shape index (κ3) is 3.94. The van der Waals surface area contributed by atoms with E-state index in [0.717, 1.165) is 6.42 Å². The first-order valence-corrected chi connectivity index (χ1v) is 6.66. The largest absolute Gasteiger partial charge is 0.444 e. The fraction of sp³-hybridized carbons (Fsp3) is 0.769. The van der Waals surface area contributed by atoms with Gasteiger partial charge in [-0.05, 0) is 34.1 Å². The third-order valence-corrected chi connectivity index (χ3v) is 2.48. The molecule has 0 radical (unpaired) electrons. The number of aromatic nitrogens is 2. The Bertz CT molecular complexity index is 423. The molecule has 1 saturated heterocycles. The zero-order valence-corrected chi connectivity index (χ0v) is 12.6. The van der Waals surface area contributed by atoms with E-state index in [1.54, 1.807) is 11.8 Å². The lowest BCUT2D eigenvalue weighted by atomic mass is 10.0. The molecule has 1 atom stereocenters. The second-order valence-electron chi connectivity index (χ2n) is 5.16. The van der Waals surface area contributed by atoms with Gasteiger partial charge in [0.1, 0.15) is 11.6 Å². The van der Waals surface area contributed by atoms with Gasteiger partial charge in [0.15, 0.2) is 5.82 Å². The van der Waals surface area contributed by atoms with Crippen molar-refractivity contribution in [1.29, 1.82) is 0 Å². The van der Waals surface area contributed by atoms with Gasteiger partial charge in [-0.15, -0.1) is 0 Å². The van der Waals surface area contributed by atoms with Crippen molar-refractivity contribution >= 4 is 6.09 Å². The molecule has 1 unspecified atom stereocenters. The Morgan fingerprint density at radius 2 is 2.05 bits per heavy atom. The van der Waals surface area contributed by atoms with E-state index in [9.17, 15) is 4.79 Å². The first-order valence-electron chi connectivity index (χ1n) is 6.66. The summed E-state index contributed by atoms with van der Waals surface area (Å²) >= 11 is 0. The molecule has 1 aliphatic rings. The molecule has 0 saturated carbocycles. The fourth-order valence-corrected chi connectivity index (χ4v) is 1.63. The molecule has 0 N–H and O–H groups in total. The average Bonchev–Trinajstić information content (AvgIpc) is 2.63. The Labute approximate surface area is 114 Å². The van der Waals surface area contributed by atoms with Crippen LogP contribution >= 0.6 is 0 Å². The van der Waals surface area contributed by atoms with Gasteiger partial charge in [0.05, 0.1) is 0 Å². The summed E-state index contributed by atoms with van der Waals surface area (Å²) in [5.41, 5.74) is -0.484. The Hall–Kier alpha value is -1.59. The first-order chi connectivity index (χ1) is 8.87. The van der Waals surface area contributed by atoms with Crippen LogP contribution in [0.5, 0.6) is 0 Å². The predicted octanol–water partition coefficient (Wildman–Crippen LogP) is 3.09. The average molecular weight is 269 g/mol. The highest BCUT2D eigenvalue weighted by Crippen LogP contribution is 2.33. The van der Waals surface area contributed by atoms with Crippen LogP contribution in [-0.4, -0.2) is 33.3 Å². The van der Waals surface area contributed by atoms with Crippen LogP contribution < -0.4 is 0 Å². The standard InChI is InChI=1S/C11H17N3O3.C2H6/c1-7-12-9(17-13-7)8-5-6-14(8)10(15)16-11(2,3)4;1-2/h8H,5-6H2,1-4H3;1-2H3. The summed E-state index contributed by atoms with van der Waals surface area (Å²) in [6.45, 7) is 12.0. The molecular weight excluding hydrogens is 246 g/mol. The summed E-state index contributed by atoms with van der Waals surface area (Å²) in [7, 11) is 0. The summed E-state index contributed by atoms with van der Waals surface area (Å²) in [5.74, 6) is 1.07. The zero-order chi connectivity index (χ0) is 14.6. The number of amides is 1. The topological polar surface area (TPSA) is 68.5 Å². The molecule has 0 aliphatic carbocycles. The van der Waals surface area contributed by atoms with E-state index in [4.69, 9.17) is 9.26 Å². The van der Waals surface area contributed by atoms with Crippen molar-refractivity contribution in [3.8, 4) is 0 Å². The molecule has 6 heteroatoms. The third-order valence-electron chi connectivity index (χ3n) is 2.48. The molecule has 1 aliphatic heterocycles. The van der Waals surface area contributed by atoms with E-state index >= 15 is 0 Å². The Morgan fingerprint density at radius 1 is 1.42 bits per heavy atom. The predicted molar refractivity (Wildman–Crippen MR) is 70.7 cm³/mol. The number of nitrogens with zero attached hydrogens (tertiary/aromatic N) is 3. The lowest BCUT2D eigenvalue weighted by molar-refractivity contribution is -0.0119. The van der Waals surface area contributed by atoms with Crippen molar-refractivity contribution in [2.24, 2.45) is 0 Å². The van der Waals surface area contributed by atoms with Gasteiger partial charge in [-0.25, -0.2) is 4.79 Å². The van der Waals surface area contributed by atoms with Gasteiger partial charge in [0.25, 0.3) is 0 Å². The summed E-state index contributed by atoms with van der Waals surface area (Å²) in [6, 6.07) is -0.133. The molecule has 1 amide bonds. The second-order valence-corrected chi connectivity index (χ2v) is 5.16. The summed E-state index contributed by atoms with van der Waals surface area (Å²) < 4.78 is 10.4. The van der Waals surface area contributed by atoms with Crippen LogP contribution in [-0.2, 0) is 4.74 Å². The van der Waals surface area contributed by atoms with Crippen LogP contribution in [0.3, 0.4) is 0 Å². The van der Waals surface area contributed by atoms with E-state index in [1.807, 2.05) is 34.6 Å². The van der Waals surface area contributed by atoms with E-state index in [2.05, 4.69) is 10.1 Å². The van der Waals surface area contributed by atoms with Crippen LogP contribution in [0.4, 0.5) is 4.79 Å².